The van der Waals surface area contributed by atoms with Gasteiger partial charge in [-0.1, -0.05) is 11.6 Å². The third-order valence-corrected chi connectivity index (χ3v) is 6.58. The molecule has 5 nitrogen and oxygen atoms in total. The lowest BCUT2D eigenvalue weighted by atomic mass is 10.1. The first-order valence-electron chi connectivity index (χ1n) is 7.55. The first kappa shape index (κ1) is 17.1. The minimum absolute atomic E-state index is 0.0419. The second kappa shape index (κ2) is 6.64. The lowest BCUT2D eigenvalue weighted by Gasteiger charge is -2.29. The Morgan fingerprint density at radius 3 is 2.87 bits per heavy atom. The summed E-state index contributed by atoms with van der Waals surface area (Å²) in [6.45, 7) is 2.73. The van der Waals surface area contributed by atoms with E-state index in [0.717, 1.165) is 6.54 Å². The highest BCUT2D eigenvalue weighted by atomic mass is 35.5. The largest absolute Gasteiger partial charge is 0.379 e. The molecule has 0 spiro atoms. The number of halogens is 2. The molecule has 1 aromatic rings. The van der Waals surface area contributed by atoms with Gasteiger partial charge in [0.15, 0.2) is 0 Å². The first-order chi connectivity index (χ1) is 10.8. The molecule has 1 aromatic carbocycles. The Hall–Kier alpha value is -0.730. The van der Waals surface area contributed by atoms with Crippen molar-refractivity contribution in [1.82, 2.24) is 9.21 Å². The monoisotopic (exact) mass is 362 g/mol. The molecule has 2 aliphatic rings. The topological polar surface area (TPSA) is 49.9 Å². The summed E-state index contributed by atoms with van der Waals surface area (Å²) < 4.78 is 46.1. The van der Waals surface area contributed by atoms with Gasteiger partial charge in [-0.25, -0.2) is 12.8 Å². The van der Waals surface area contributed by atoms with Crippen molar-refractivity contribution in [1.29, 1.82) is 0 Å². The van der Waals surface area contributed by atoms with Gasteiger partial charge in [-0.15, -0.1) is 0 Å². The summed E-state index contributed by atoms with van der Waals surface area (Å²) in [5, 5.41) is 0.269. The Morgan fingerprint density at radius 2 is 2.09 bits per heavy atom. The number of rotatable bonds is 3. The molecule has 0 saturated carbocycles. The highest BCUT2D eigenvalue weighted by Crippen LogP contribution is 2.25. The molecule has 0 N–H and O–H groups in total. The van der Waals surface area contributed by atoms with Crippen LogP contribution < -0.4 is 0 Å². The van der Waals surface area contributed by atoms with Crippen LogP contribution in [0.5, 0.6) is 0 Å². The minimum atomic E-state index is -3.56. The number of ether oxygens (including phenoxy) is 1. The highest BCUT2D eigenvalue weighted by Gasteiger charge is 2.36. The average Bonchev–Trinajstić information content (AvgIpc) is 2.71. The van der Waals surface area contributed by atoms with Gasteiger partial charge in [0.1, 0.15) is 5.82 Å². The van der Waals surface area contributed by atoms with Gasteiger partial charge in [0.2, 0.25) is 10.0 Å². The van der Waals surface area contributed by atoms with Crippen molar-refractivity contribution in [3.05, 3.63) is 34.6 Å². The van der Waals surface area contributed by atoms with E-state index in [-0.39, 0.29) is 22.7 Å². The van der Waals surface area contributed by atoms with E-state index in [9.17, 15) is 12.8 Å². The smallest absolute Gasteiger partial charge is 0.218 e. The molecule has 2 bridgehead atoms. The number of nitrogens with zero attached hydrogens (tertiary/aromatic N) is 2. The maximum absolute atomic E-state index is 13.4. The summed E-state index contributed by atoms with van der Waals surface area (Å²) in [5.41, 5.74) is 0.297. The van der Waals surface area contributed by atoms with Crippen LogP contribution in [0, 0.1) is 11.7 Å². The van der Waals surface area contributed by atoms with E-state index in [1.165, 1.54) is 22.5 Å². The van der Waals surface area contributed by atoms with E-state index in [4.69, 9.17) is 16.3 Å². The van der Waals surface area contributed by atoms with Crippen molar-refractivity contribution in [2.45, 2.75) is 11.8 Å². The molecule has 0 unspecified atom stereocenters. The number of benzene rings is 1. The molecule has 2 heterocycles. The van der Waals surface area contributed by atoms with E-state index < -0.39 is 15.8 Å². The van der Waals surface area contributed by atoms with Crippen LogP contribution >= 0.6 is 11.6 Å². The third-order valence-electron chi connectivity index (χ3n) is 4.45. The molecular formula is C15H20ClFN2O3S. The van der Waals surface area contributed by atoms with Gasteiger partial charge in [-0.3, -0.25) is 4.90 Å². The summed E-state index contributed by atoms with van der Waals surface area (Å²) in [6.07, 6.45) is 0. The molecule has 2 saturated heterocycles. The maximum Gasteiger partial charge on any atom is 0.218 e. The fourth-order valence-electron chi connectivity index (χ4n) is 3.18. The molecule has 23 heavy (non-hydrogen) atoms. The van der Waals surface area contributed by atoms with Crippen molar-refractivity contribution >= 4 is 21.6 Å². The molecule has 2 fully saturated rings. The van der Waals surface area contributed by atoms with Gasteiger partial charge in [0.25, 0.3) is 0 Å². The molecule has 128 valence electrons. The molecule has 2 atom stereocenters. The van der Waals surface area contributed by atoms with Gasteiger partial charge in [0.05, 0.1) is 19.0 Å². The summed E-state index contributed by atoms with van der Waals surface area (Å²) in [7, 11) is -1.57. The highest BCUT2D eigenvalue weighted by molar-refractivity contribution is 7.88. The van der Waals surface area contributed by atoms with Crippen LogP contribution in [0.2, 0.25) is 5.02 Å². The first-order valence-corrected chi connectivity index (χ1v) is 9.53. The van der Waals surface area contributed by atoms with Crippen LogP contribution in [0.4, 0.5) is 4.39 Å². The van der Waals surface area contributed by atoms with E-state index >= 15 is 0 Å². The van der Waals surface area contributed by atoms with Crippen molar-refractivity contribution in [2.75, 3.05) is 39.9 Å². The number of hydrogen-bond donors (Lipinski definition) is 0. The van der Waals surface area contributed by atoms with Gasteiger partial charge in [0, 0.05) is 36.6 Å². The van der Waals surface area contributed by atoms with Crippen LogP contribution in [0.3, 0.4) is 0 Å². The van der Waals surface area contributed by atoms with Crippen LogP contribution in [0.1, 0.15) is 5.56 Å². The summed E-state index contributed by atoms with van der Waals surface area (Å²) in [5.74, 6) is -0.626. The van der Waals surface area contributed by atoms with Gasteiger partial charge < -0.3 is 4.74 Å². The molecule has 3 rings (SSSR count). The molecule has 0 radical (unpaired) electrons. The van der Waals surface area contributed by atoms with Crippen LogP contribution in [-0.4, -0.2) is 63.6 Å². The number of fused-ring (bicyclic) bond motifs is 3. The summed E-state index contributed by atoms with van der Waals surface area (Å²) in [6, 6.07) is 3.84. The normalized spacial score (nSPS) is 26.9. The SMILES string of the molecule is CN1C[C@H]2COC[C@@H]1CN(S(=O)(=O)Cc1cc(F)ccc1Cl)C2. The van der Waals surface area contributed by atoms with Crippen molar-refractivity contribution in [3.8, 4) is 0 Å². The maximum atomic E-state index is 13.4. The zero-order valence-corrected chi connectivity index (χ0v) is 14.5. The third kappa shape index (κ3) is 3.85. The zero-order chi connectivity index (χ0) is 16.6. The summed E-state index contributed by atoms with van der Waals surface area (Å²) in [4.78, 5) is 2.16. The Bertz CT molecular complexity index is 685. The van der Waals surface area contributed by atoms with Crippen LogP contribution in [-0.2, 0) is 20.5 Å². The van der Waals surface area contributed by atoms with E-state index in [2.05, 4.69) is 4.90 Å². The lowest BCUT2D eigenvalue weighted by molar-refractivity contribution is 0.0727. The van der Waals surface area contributed by atoms with Crippen molar-refractivity contribution in [3.63, 3.8) is 0 Å². The fraction of sp³-hybridized carbons (Fsp3) is 0.600. The molecule has 0 aromatic heterocycles. The summed E-state index contributed by atoms with van der Waals surface area (Å²) >= 11 is 6.01. The van der Waals surface area contributed by atoms with E-state index in [1.807, 2.05) is 7.05 Å². The Morgan fingerprint density at radius 1 is 1.30 bits per heavy atom. The number of likely N-dealkylation sites (N-methyl/N-ethyl adjacent to an activating group) is 1. The van der Waals surface area contributed by atoms with Crippen molar-refractivity contribution < 1.29 is 17.5 Å². The molecule has 8 heteroatoms. The van der Waals surface area contributed by atoms with E-state index in [1.54, 1.807) is 0 Å². The van der Waals surface area contributed by atoms with Crippen LogP contribution in [0.15, 0.2) is 18.2 Å². The molecule has 2 aliphatic heterocycles. The van der Waals surface area contributed by atoms with E-state index in [0.29, 0.717) is 31.9 Å². The Balaban J connectivity index is 1.83. The van der Waals surface area contributed by atoms with Crippen LogP contribution in [0.25, 0.3) is 0 Å². The second-order valence-corrected chi connectivity index (χ2v) is 8.68. The second-order valence-electron chi connectivity index (χ2n) is 6.31. The zero-order valence-electron chi connectivity index (χ0n) is 12.9. The average molecular weight is 363 g/mol. The molecule has 0 amide bonds. The molecule has 0 aliphatic carbocycles. The fourth-order valence-corrected chi connectivity index (χ4v) is 5.09. The predicted molar refractivity (Wildman–Crippen MR) is 86.3 cm³/mol. The number of hydrogen-bond acceptors (Lipinski definition) is 4. The molecular weight excluding hydrogens is 343 g/mol. The Kier molecular flexibility index (Phi) is 4.94. The van der Waals surface area contributed by atoms with Crippen molar-refractivity contribution in [2.24, 2.45) is 5.92 Å². The number of sulfonamides is 1. The Labute approximate surface area is 141 Å². The van der Waals surface area contributed by atoms with Gasteiger partial charge in [-0.2, -0.15) is 4.31 Å². The van der Waals surface area contributed by atoms with Gasteiger partial charge in [-0.05, 0) is 30.8 Å². The quantitative estimate of drug-likeness (QED) is 0.819. The predicted octanol–water partition coefficient (Wildman–Crippen LogP) is 1.57. The van der Waals surface area contributed by atoms with Gasteiger partial charge >= 0.3 is 0 Å². The minimum Gasteiger partial charge on any atom is -0.379 e. The lowest BCUT2D eigenvalue weighted by Crippen LogP contribution is -2.45. The standard InChI is InChI=1S/C15H20ClFN2O3S/c1-18-5-11-6-19(7-14(18)9-22-8-11)23(20,21)10-12-4-13(17)2-3-15(12)16/h2-4,11,14H,5-10H2,1H3/t11-,14+/m1/s1.